The fraction of sp³-hybridized carbons (Fsp3) is 0.588. The summed E-state index contributed by atoms with van der Waals surface area (Å²) in [6, 6.07) is 5.60. The van der Waals surface area contributed by atoms with Gasteiger partial charge >= 0.3 is 0 Å². The number of rotatable bonds is 6. The fourth-order valence-corrected chi connectivity index (χ4v) is 2.81. The van der Waals surface area contributed by atoms with Crippen molar-refractivity contribution in [2.45, 2.75) is 39.2 Å². The third-order valence-corrected chi connectivity index (χ3v) is 4.38. The van der Waals surface area contributed by atoms with Gasteiger partial charge in [-0.3, -0.25) is 4.79 Å². The van der Waals surface area contributed by atoms with Gasteiger partial charge < -0.3 is 14.4 Å². The van der Waals surface area contributed by atoms with Crippen LogP contribution in [0, 0.1) is 6.92 Å². The van der Waals surface area contributed by atoms with E-state index in [0.717, 1.165) is 31.4 Å². The maximum Gasteiger partial charge on any atom is 0.260 e. The lowest BCUT2D eigenvalue weighted by atomic mass is 10.0. The Morgan fingerprint density at radius 3 is 2.95 bits per heavy atom. The number of halogens is 1. The van der Waals surface area contributed by atoms with Crippen LogP contribution in [-0.4, -0.2) is 43.2 Å². The van der Waals surface area contributed by atoms with E-state index in [9.17, 15) is 4.79 Å². The normalized spacial score (nSPS) is 18.3. The lowest BCUT2D eigenvalue weighted by molar-refractivity contribution is -0.138. The minimum absolute atomic E-state index is 0.0250. The van der Waals surface area contributed by atoms with Gasteiger partial charge in [0.2, 0.25) is 0 Å². The first-order chi connectivity index (χ1) is 10.6. The van der Waals surface area contributed by atoms with Crippen LogP contribution in [0.3, 0.4) is 0 Å². The molecule has 1 amide bonds. The van der Waals surface area contributed by atoms with Crippen molar-refractivity contribution in [1.29, 1.82) is 0 Å². The molecule has 1 heterocycles. The second kappa shape index (κ2) is 8.39. The van der Waals surface area contributed by atoms with Gasteiger partial charge in [0.25, 0.3) is 5.91 Å². The summed E-state index contributed by atoms with van der Waals surface area (Å²) in [6.07, 6.45) is 3.21. The molecule has 2 rings (SSSR count). The van der Waals surface area contributed by atoms with E-state index in [2.05, 4.69) is 0 Å². The number of hydrogen-bond donors (Lipinski definition) is 0. The monoisotopic (exact) mass is 325 g/mol. The first-order valence-electron chi connectivity index (χ1n) is 7.88. The molecule has 0 saturated carbocycles. The van der Waals surface area contributed by atoms with E-state index in [1.807, 2.05) is 24.8 Å². The molecule has 1 aliphatic heterocycles. The number of amides is 1. The van der Waals surface area contributed by atoms with Gasteiger partial charge in [-0.15, -0.1) is 0 Å². The second-order valence-electron chi connectivity index (χ2n) is 5.60. The Morgan fingerprint density at radius 1 is 1.41 bits per heavy atom. The summed E-state index contributed by atoms with van der Waals surface area (Å²) in [5, 5.41) is 0.700. The zero-order chi connectivity index (χ0) is 15.9. The van der Waals surface area contributed by atoms with Crippen LogP contribution in [0.4, 0.5) is 0 Å². The average molecular weight is 326 g/mol. The SMILES string of the molecule is CCOCC1CCCCN1C(=O)COc1ccc(Cl)c(C)c1. The molecule has 0 radical (unpaired) electrons. The first-order valence-corrected chi connectivity index (χ1v) is 8.25. The van der Waals surface area contributed by atoms with Crippen LogP contribution >= 0.6 is 11.6 Å². The summed E-state index contributed by atoms with van der Waals surface area (Å²) in [5.74, 6) is 0.700. The van der Waals surface area contributed by atoms with Crippen molar-refractivity contribution in [3.05, 3.63) is 28.8 Å². The van der Waals surface area contributed by atoms with Gasteiger partial charge in [0, 0.05) is 18.2 Å². The van der Waals surface area contributed by atoms with Gasteiger partial charge in [0.1, 0.15) is 5.75 Å². The van der Waals surface area contributed by atoms with Crippen molar-refractivity contribution in [2.24, 2.45) is 0 Å². The van der Waals surface area contributed by atoms with E-state index in [0.29, 0.717) is 24.0 Å². The minimum atomic E-state index is 0.0250. The first kappa shape index (κ1) is 17.1. The van der Waals surface area contributed by atoms with Gasteiger partial charge in [0.15, 0.2) is 6.61 Å². The van der Waals surface area contributed by atoms with Crippen LogP contribution in [0.2, 0.25) is 5.02 Å². The number of piperidine rings is 1. The number of nitrogens with zero attached hydrogens (tertiary/aromatic N) is 1. The third-order valence-electron chi connectivity index (χ3n) is 3.95. The summed E-state index contributed by atoms with van der Waals surface area (Å²) in [7, 11) is 0. The maximum absolute atomic E-state index is 12.4. The van der Waals surface area contributed by atoms with E-state index in [-0.39, 0.29) is 18.6 Å². The molecule has 0 spiro atoms. The molecule has 0 aliphatic carbocycles. The molecule has 4 nitrogen and oxygen atoms in total. The molecule has 22 heavy (non-hydrogen) atoms. The topological polar surface area (TPSA) is 38.8 Å². The van der Waals surface area contributed by atoms with Gasteiger partial charge in [-0.2, -0.15) is 0 Å². The standard InChI is InChI=1S/C17H24ClNO3/c1-3-21-11-14-6-4-5-9-19(14)17(20)12-22-15-7-8-16(18)13(2)10-15/h7-8,10,14H,3-6,9,11-12H2,1-2H3. The second-order valence-corrected chi connectivity index (χ2v) is 6.00. The molecule has 0 aromatic heterocycles. The molecular formula is C17H24ClNO3. The predicted octanol–water partition coefficient (Wildman–Crippen LogP) is 3.44. The quantitative estimate of drug-likeness (QED) is 0.804. The fourth-order valence-electron chi connectivity index (χ4n) is 2.69. The van der Waals surface area contributed by atoms with Crippen molar-refractivity contribution >= 4 is 17.5 Å². The van der Waals surface area contributed by atoms with E-state index >= 15 is 0 Å². The van der Waals surface area contributed by atoms with Crippen LogP contribution in [0.25, 0.3) is 0 Å². The van der Waals surface area contributed by atoms with Crippen LogP contribution < -0.4 is 4.74 Å². The van der Waals surface area contributed by atoms with Gasteiger partial charge in [-0.25, -0.2) is 0 Å². The molecule has 1 fully saturated rings. The highest BCUT2D eigenvalue weighted by Gasteiger charge is 2.26. The van der Waals surface area contributed by atoms with Crippen molar-refractivity contribution in [3.8, 4) is 5.75 Å². The van der Waals surface area contributed by atoms with Gasteiger partial charge in [-0.05, 0) is 56.9 Å². The Morgan fingerprint density at radius 2 is 2.23 bits per heavy atom. The lowest BCUT2D eigenvalue weighted by Gasteiger charge is -2.35. The molecule has 1 aromatic rings. The number of carbonyl (C=O) groups excluding carboxylic acids is 1. The summed E-state index contributed by atoms with van der Waals surface area (Å²) >= 11 is 5.99. The Labute approximate surface area is 137 Å². The number of hydrogen-bond acceptors (Lipinski definition) is 3. The van der Waals surface area contributed by atoms with Crippen molar-refractivity contribution in [2.75, 3.05) is 26.4 Å². The Balaban J connectivity index is 1.90. The smallest absolute Gasteiger partial charge is 0.260 e. The van der Waals surface area contributed by atoms with Crippen LogP contribution in [-0.2, 0) is 9.53 Å². The van der Waals surface area contributed by atoms with E-state index in [1.54, 1.807) is 12.1 Å². The highest BCUT2D eigenvalue weighted by atomic mass is 35.5. The lowest BCUT2D eigenvalue weighted by Crippen LogP contribution is -2.48. The molecule has 0 bridgehead atoms. The summed E-state index contributed by atoms with van der Waals surface area (Å²) in [5.41, 5.74) is 0.943. The van der Waals surface area contributed by atoms with E-state index in [1.165, 1.54) is 0 Å². The number of likely N-dealkylation sites (tertiary alicyclic amines) is 1. The molecule has 1 atom stereocenters. The van der Waals surface area contributed by atoms with E-state index in [4.69, 9.17) is 21.1 Å². The van der Waals surface area contributed by atoms with Crippen LogP contribution in [0.1, 0.15) is 31.7 Å². The highest BCUT2D eigenvalue weighted by molar-refractivity contribution is 6.31. The molecule has 1 unspecified atom stereocenters. The Hall–Kier alpha value is -1.26. The number of carbonyl (C=O) groups is 1. The zero-order valence-corrected chi connectivity index (χ0v) is 14.1. The highest BCUT2D eigenvalue weighted by Crippen LogP contribution is 2.22. The molecule has 122 valence electrons. The summed E-state index contributed by atoms with van der Waals surface area (Å²) in [4.78, 5) is 14.3. The van der Waals surface area contributed by atoms with Crippen molar-refractivity contribution < 1.29 is 14.3 Å². The number of benzene rings is 1. The summed E-state index contributed by atoms with van der Waals surface area (Å²) < 4.78 is 11.1. The maximum atomic E-state index is 12.4. The molecule has 1 aliphatic rings. The molecule has 1 saturated heterocycles. The largest absolute Gasteiger partial charge is 0.484 e. The molecule has 5 heteroatoms. The zero-order valence-electron chi connectivity index (χ0n) is 13.3. The van der Waals surface area contributed by atoms with Gasteiger partial charge in [-0.1, -0.05) is 11.6 Å². The predicted molar refractivity (Wildman–Crippen MR) is 87.5 cm³/mol. The number of ether oxygens (including phenoxy) is 2. The average Bonchev–Trinajstić information content (AvgIpc) is 2.54. The minimum Gasteiger partial charge on any atom is -0.484 e. The summed E-state index contributed by atoms with van der Waals surface area (Å²) in [6.45, 7) is 6.03. The number of aryl methyl sites for hydroxylation is 1. The molecule has 0 N–H and O–H groups in total. The van der Waals surface area contributed by atoms with Crippen molar-refractivity contribution in [1.82, 2.24) is 4.90 Å². The Bertz CT molecular complexity index is 507. The molecular weight excluding hydrogens is 302 g/mol. The van der Waals surface area contributed by atoms with Crippen LogP contribution in [0.5, 0.6) is 5.75 Å². The van der Waals surface area contributed by atoms with Crippen molar-refractivity contribution in [3.63, 3.8) is 0 Å². The Kier molecular flexibility index (Phi) is 6.52. The van der Waals surface area contributed by atoms with Gasteiger partial charge in [0.05, 0.1) is 12.6 Å². The van der Waals surface area contributed by atoms with Crippen LogP contribution in [0.15, 0.2) is 18.2 Å². The van der Waals surface area contributed by atoms with E-state index < -0.39 is 0 Å². The molecule has 1 aromatic carbocycles. The third kappa shape index (κ3) is 4.62.